The van der Waals surface area contributed by atoms with Gasteiger partial charge in [-0.2, -0.15) is 0 Å². The summed E-state index contributed by atoms with van der Waals surface area (Å²) in [5.41, 5.74) is 2.73. The molecule has 1 unspecified atom stereocenters. The van der Waals surface area contributed by atoms with E-state index in [1.807, 2.05) is 26.0 Å². The molecule has 0 radical (unpaired) electrons. The maximum absolute atomic E-state index is 12.2. The molecule has 0 saturated heterocycles. The van der Waals surface area contributed by atoms with Crippen molar-refractivity contribution in [2.45, 2.75) is 45.1 Å². The Labute approximate surface area is 132 Å². The molecule has 0 aromatic heterocycles. The molecule has 1 atom stereocenters. The molecule has 0 saturated carbocycles. The van der Waals surface area contributed by atoms with Crippen molar-refractivity contribution in [2.75, 3.05) is 30.4 Å². The highest BCUT2D eigenvalue weighted by Crippen LogP contribution is 2.28. The number of aliphatic hydroxyl groups excluding tert-OH is 1. The van der Waals surface area contributed by atoms with Crippen LogP contribution in [0.4, 0.5) is 16.2 Å². The van der Waals surface area contributed by atoms with Crippen LogP contribution in [-0.4, -0.2) is 36.9 Å². The predicted octanol–water partition coefficient (Wildman–Crippen LogP) is 2.74. The number of hydrogen-bond acceptors (Lipinski definition) is 3. The van der Waals surface area contributed by atoms with Crippen LogP contribution in [0.1, 0.15) is 38.7 Å². The summed E-state index contributed by atoms with van der Waals surface area (Å²) in [6.45, 7) is 4.90. The van der Waals surface area contributed by atoms with E-state index < -0.39 is 5.54 Å². The van der Waals surface area contributed by atoms with Gasteiger partial charge in [0.15, 0.2) is 0 Å². The number of nitrogens with zero attached hydrogens (tertiary/aromatic N) is 1. The van der Waals surface area contributed by atoms with Gasteiger partial charge in [-0.05, 0) is 49.9 Å². The third kappa shape index (κ3) is 3.91. The van der Waals surface area contributed by atoms with Gasteiger partial charge in [-0.3, -0.25) is 0 Å². The number of urea groups is 1. The van der Waals surface area contributed by atoms with Crippen molar-refractivity contribution in [3.63, 3.8) is 0 Å². The summed E-state index contributed by atoms with van der Waals surface area (Å²) >= 11 is 0. The number of amides is 2. The zero-order valence-electron chi connectivity index (χ0n) is 13.8. The van der Waals surface area contributed by atoms with E-state index in [9.17, 15) is 9.90 Å². The maximum Gasteiger partial charge on any atom is 0.319 e. The van der Waals surface area contributed by atoms with Crippen LogP contribution in [0.5, 0.6) is 0 Å². The number of aliphatic hydroxyl groups is 1. The Morgan fingerprint density at radius 3 is 2.91 bits per heavy atom. The smallest absolute Gasteiger partial charge is 0.319 e. The fourth-order valence-corrected chi connectivity index (χ4v) is 3.03. The second-order valence-corrected chi connectivity index (χ2v) is 6.42. The first-order valence-corrected chi connectivity index (χ1v) is 8.01. The maximum atomic E-state index is 12.2. The largest absolute Gasteiger partial charge is 0.394 e. The lowest BCUT2D eigenvalue weighted by atomic mass is 9.97. The molecular formula is C17H27N3O2. The standard InChI is InChI=1S/C17H27N3O2/c1-4-9-17(2,12-21)19-16(22)18-14-7-8-15-13(11-14)6-5-10-20(15)3/h7-8,11,21H,4-6,9-10,12H2,1-3H3,(H2,18,19,22). The van der Waals surface area contributed by atoms with Crippen LogP contribution < -0.4 is 15.5 Å². The molecule has 0 bridgehead atoms. The van der Waals surface area contributed by atoms with Crippen LogP contribution >= 0.6 is 0 Å². The fourth-order valence-electron chi connectivity index (χ4n) is 3.03. The minimum Gasteiger partial charge on any atom is -0.394 e. The number of aryl methyl sites for hydroxylation is 1. The Hall–Kier alpha value is -1.75. The summed E-state index contributed by atoms with van der Waals surface area (Å²) in [5.74, 6) is 0. The lowest BCUT2D eigenvalue weighted by Crippen LogP contribution is -2.50. The first kappa shape index (κ1) is 16.6. The summed E-state index contributed by atoms with van der Waals surface area (Å²) in [6, 6.07) is 5.76. The SMILES string of the molecule is CCCC(C)(CO)NC(=O)Nc1ccc2c(c1)CCCN2C. The lowest BCUT2D eigenvalue weighted by molar-refractivity contribution is 0.167. The lowest BCUT2D eigenvalue weighted by Gasteiger charge is -2.29. The zero-order valence-corrected chi connectivity index (χ0v) is 13.8. The highest BCUT2D eigenvalue weighted by Gasteiger charge is 2.24. The van der Waals surface area contributed by atoms with Gasteiger partial charge in [-0.15, -0.1) is 0 Å². The van der Waals surface area contributed by atoms with Gasteiger partial charge < -0.3 is 20.6 Å². The number of carbonyl (C=O) groups is 1. The van der Waals surface area contributed by atoms with Gasteiger partial charge in [0.25, 0.3) is 0 Å². The van der Waals surface area contributed by atoms with Crippen LogP contribution in [0.2, 0.25) is 0 Å². The molecule has 22 heavy (non-hydrogen) atoms. The second-order valence-electron chi connectivity index (χ2n) is 6.42. The molecule has 2 amide bonds. The highest BCUT2D eigenvalue weighted by atomic mass is 16.3. The molecule has 5 nitrogen and oxygen atoms in total. The summed E-state index contributed by atoms with van der Waals surface area (Å²) in [4.78, 5) is 14.4. The van der Waals surface area contributed by atoms with E-state index in [0.29, 0.717) is 0 Å². The first-order valence-electron chi connectivity index (χ1n) is 8.01. The van der Waals surface area contributed by atoms with Crippen LogP contribution in [0.25, 0.3) is 0 Å². The van der Waals surface area contributed by atoms with Crippen molar-refractivity contribution in [1.29, 1.82) is 0 Å². The molecule has 5 heteroatoms. The summed E-state index contributed by atoms with van der Waals surface area (Å²) in [6.07, 6.45) is 3.83. The highest BCUT2D eigenvalue weighted by molar-refractivity contribution is 5.90. The molecule has 1 aromatic carbocycles. The van der Waals surface area contributed by atoms with E-state index in [1.54, 1.807) is 0 Å². The third-order valence-electron chi connectivity index (χ3n) is 4.25. The van der Waals surface area contributed by atoms with E-state index in [-0.39, 0.29) is 12.6 Å². The van der Waals surface area contributed by atoms with Crippen LogP contribution in [0.15, 0.2) is 18.2 Å². The van der Waals surface area contributed by atoms with E-state index in [4.69, 9.17) is 0 Å². The molecule has 0 aliphatic carbocycles. The topological polar surface area (TPSA) is 64.6 Å². The van der Waals surface area contributed by atoms with Gasteiger partial charge in [0, 0.05) is 25.0 Å². The van der Waals surface area contributed by atoms with E-state index >= 15 is 0 Å². The third-order valence-corrected chi connectivity index (χ3v) is 4.25. The molecule has 0 fully saturated rings. The molecule has 0 spiro atoms. The van der Waals surface area contributed by atoms with Crippen molar-refractivity contribution in [3.8, 4) is 0 Å². The number of anilines is 2. The minimum absolute atomic E-state index is 0.0662. The van der Waals surface area contributed by atoms with E-state index in [0.717, 1.165) is 37.9 Å². The average Bonchev–Trinajstić information content (AvgIpc) is 2.47. The molecular weight excluding hydrogens is 278 g/mol. The van der Waals surface area contributed by atoms with Crippen molar-refractivity contribution in [1.82, 2.24) is 5.32 Å². The molecule has 1 aliphatic heterocycles. The Morgan fingerprint density at radius 2 is 2.23 bits per heavy atom. The number of benzene rings is 1. The van der Waals surface area contributed by atoms with Crippen molar-refractivity contribution < 1.29 is 9.90 Å². The second kappa shape index (κ2) is 7.01. The molecule has 1 heterocycles. The average molecular weight is 305 g/mol. The van der Waals surface area contributed by atoms with Crippen LogP contribution in [-0.2, 0) is 6.42 Å². The van der Waals surface area contributed by atoms with Gasteiger partial charge in [0.05, 0.1) is 12.1 Å². The van der Waals surface area contributed by atoms with E-state index in [1.165, 1.54) is 11.3 Å². The summed E-state index contributed by atoms with van der Waals surface area (Å²) in [7, 11) is 2.09. The number of hydrogen-bond donors (Lipinski definition) is 3. The molecule has 1 aromatic rings. The predicted molar refractivity (Wildman–Crippen MR) is 90.6 cm³/mol. The first-order chi connectivity index (χ1) is 10.5. The van der Waals surface area contributed by atoms with Crippen molar-refractivity contribution >= 4 is 17.4 Å². The Kier molecular flexibility index (Phi) is 5.29. The van der Waals surface area contributed by atoms with Crippen LogP contribution in [0, 0.1) is 0 Å². The Bertz CT molecular complexity index is 533. The van der Waals surface area contributed by atoms with Crippen molar-refractivity contribution in [2.24, 2.45) is 0 Å². The normalized spacial score (nSPS) is 16.6. The summed E-state index contributed by atoms with van der Waals surface area (Å²) < 4.78 is 0. The Morgan fingerprint density at radius 1 is 1.45 bits per heavy atom. The fraction of sp³-hybridized carbons (Fsp3) is 0.588. The number of nitrogens with one attached hydrogen (secondary N) is 2. The monoisotopic (exact) mass is 305 g/mol. The minimum atomic E-state index is -0.576. The quantitative estimate of drug-likeness (QED) is 0.784. The molecule has 3 N–H and O–H groups in total. The molecule has 1 aliphatic rings. The van der Waals surface area contributed by atoms with Crippen molar-refractivity contribution in [3.05, 3.63) is 23.8 Å². The van der Waals surface area contributed by atoms with Gasteiger partial charge in [0.1, 0.15) is 0 Å². The zero-order chi connectivity index (χ0) is 16.2. The molecule has 122 valence electrons. The number of fused-ring (bicyclic) bond motifs is 1. The number of carbonyl (C=O) groups excluding carboxylic acids is 1. The van der Waals surface area contributed by atoms with Gasteiger partial charge in [-0.25, -0.2) is 4.79 Å². The van der Waals surface area contributed by atoms with E-state index in [2.05, 4.69) is 28.6 Å². The number of rotatable bonds is 5. The van der Waals surface area contributed by atoms with Crippen LogP contribution in [0.3, 0.4) is 0 Å². The summed E-state index contributed by atoms with van der Waals surface area (Å²) in [5, 5.41) is 15.2. The molecule has 2 rings (SSSR count). The Balaban J connectivity index is 2.03. The van der Waals surface area contributed by atoms with Gasteiger partial charge >= 0.3 is 6.03 Å². The van der Waals surface area contributed by atoms with Gasteiger partial charge in [-0.1, -0.05) is 13.3 Å². The van der Waals surface area contributed by atoms with Gasteiger partial charge in [0.2, 0.25) is 0 Å².